The molecule has 0 aliphatic heterocycles. The van der Waals surface area contributed by atoms with E-state index in [0.717, 1.165) is 28.5 Å². The fraction of sp³-hybridized carbons (Fsp3) is 0.348. The number of aryl methyl sites for hydroxylation is 1. The molecule has 0 saturated carbocycles. The molecular formula is C23H30N4O2. The maximum Gasteiger partial charge on any atom is 0.191 e. The number of aromatic nitrogens is 1. The number of guanidine groups is 1. The maximum atomic E-state index is 5.92. The van der Waals surface area contributed by atoms with Crippen molar-refractivity contribution < 1.29 is 9.47 Å². The summed E-state index contributed by atoms with van der Waals surface area (Å²) in [4.78, 5) is 7.75. The smallest absolute Gasteiger partial charge is 0.191 e. The van der Waals surface area contributed by atoms with Gasteiger partial charge in [-0.05, 0) is 43.0 Å². The third-order valence-electron chi connectivity index (χ3n) is 4.61. The molecule has 3 N–H and O–H groups in total. The van der Waals surface area contributed by atoms with Crippen LogP contribution < -0.4 is 15.4 Å². The van der Waals surface area contributed by atoms with E-state index in [-0.39, 0.29) is 0 Å². The molecule has 3 rings (SSSR count). The Hall–Kier alpha value is -2.99. The molecule has 1 aromatic heterocycles. The number of rotatable bonds is 9. The normalized spacial score (nSPS) is 11.6. The van der Waals surface area contributed by atoms with Crippen molar-refractivity contribution >= 4 is 16.9 Å². The number of hydrogen-bond donors (Lipinski definition) is 3. The van der Waals surface area contributed by atoms with E-state index in [0.29, 0.717) is 32.9 Å². The number of nitrogens with zero attached hydrogens (tertiary/aromatic N) is 1. The first-order valence-corrected chi connectivity index (χ1v) is 10.0. The zero-order valence-electron chi connectivity index (χ0n) is 17.4. The molecule has 0 spiro atoms. The fourth-order valence-corrected chi connectivity index (χ4v) is 3.10. The zero-order valence-corrected chi connectivity index (χ0v) is 17.4. The molecule has 3 aromatic rings. The van der Waals surface area contributed by atoms with Crippen LogP contribution in [0.15, 0.2) is 53.5 Å². The first-order chi connectivity index (χ1) is 14.2. The van der Waals surface area contributed by atoms with Gasteiger partial charge in [-0.3, -0.25) is 4.99 Å². The van der Waals surface area contributed by atoms with E-state index >= 15 is 0 Å². The molecule has 6 nitrogen and oxygen atoms in total. The second-order valence-electron chi connectivity index (χ2n) is 6.82. The van der Waals surface area contributed by atoms with Gasteiger partial charge >= 0.3 is 0 Å². The van der Waals surface area contributed by atoms with E-state index in [4.69, 9.17) is 9.47 Å². The standard InChI is InChI=1S/C23H30N4O2/c1-4-28-11-12-29-22-13-17(2)9-10-19(22)15-25-23(24-3)26-16-20-14-18-7-5-6-8-21(18)27-20/h5-10,13-14,27H,4,11-12,15-16H2,1-3H3,(H2,24,25,26). The topological polar surface area (TPSA) is 70.7 Å². The highest BCUT2D eigenvalue weighted by Gasteiger charge is 2.07. The van der Waals surface area contributed by atoms with Crippen molar-refractivity contribution in [1.82, 2.24) is 15.6 Å². The number of benzene rings is 2. The Morgan fingerprint density at radius 2 is 1.86 bits per heavy atom. The van der Waals surface area contributed by atoms with Crippen molar-refractivity contribution in [3.8, 4) is 5.75 Å². The molecule has 0 atom stereocenters. The SMILES string of the molecule is CCOCCOc1cc(C)ccc1CNC(=NC)NCc1cc2ccccc2[nH]1. The predicted octanol–water partition coefficient (Wildman–Crippen LogP) is 3.76. The van der Waals surface area contributed by atoms with Gasteiger partial charge in [0.1, 0.15) is 12.4 Å². The molecule has 29 heavy (non-hydrogen) atoms. The highest BCUT2D eigenvalue weighted by atomic mass is 16.5. The van der Waals surface area contributed by atoms with Crippen molar-refractivity contribution in [2.45, 2.75) is 26.9 Å². The van der Waals surface area contributed by atoms with Crippen LogP contribution in [0.3, 0.4) is 0 Å². The van der Waals surface area contributed by atoms with Gasteiger partial charge in [0.2, 0.25) is 0 Å². The lowest BCUT2D eigenvalue weighted by molar-refractivity contribution is 0.110. The van der Waals surface area contributed by atoms with E-state index in [1.54, 1.807) is 7.05 Å². The molecule has 0 radical (unpaired) electrons. The quantitative estimate of drug-likeness (QED) is 0.294. The van der Waals surface area contributed by atoms with Gasteiger partial charge < -0.3 is 25.1 Å². The van der Waals surface area contributed by atoms with Gasteiger partial charge in [-0.15, -0.1) is 0 Å². The Labute approximate surface area is 172 Å². The molecule has 154 valence electrons. The number of H-pyrrole nitrogens is 1. The predicted molar refractivity (Wildman–Crippen MR) is 119 cm³/mol. The van der Waals surface area contributed by atoms with Gasteiger partial charge in [0, 0.05) is 37.0 Å². The highest BCUT2D eigenvalue weighted by molar-refractivity contribution is 5.81. The van der Waals surface area contributed by atoms with Crippen molar-refractivity contribution in [2.75, 3.05) is 26.9 Å². The van der Waals surface area contributed by atoms with Gasteiger partial charge in [-0.2, -0.15) is 0 Å². The van der Waals surface area contributed by atoms with Crippen molar-refractivity contribution in [1.29, 1.82) is 0 Å². The van der Waals surface area contributed by atoms with Crippen LogP contribution in [0.5, 0.6) is 5.75 Å². The maximum absolute atomic E-state index is 5.92. The van der Waals surface area contributed by atoms with Crippen LogP contribution in [-0.2, 0) is 17.8 Å². The molecule has 0 fully saturated rings. The number of nitrogens with one attached hydrogen (secondary N) is 3. The Balaban J connectivity index is 1.56. The molecular weight excluding hydrogens is 364 g/mol. The Kier molecular flexibility index (Phi) is 7.53. The van der Waals surface area contributed by atoms with Crippen molar-refractivity contribution in [2.24, 2.45) is 4.99 Å². The largest absolute Gasteiger partial charge is 0.491 e. The van der Waals surface area contributed by atoms with Crippen LogP contribution in [-0.4, -0.2) is 37.8 Å². The summed E-state index contributed by atoms with van der Waals surface area (Å²) in [6, 6.07) is 16.7. The van der Waals surface area contributed by atoms with Gasteiger partial charge in [0.15, 0.2) is 5.96 Å². The van der Waals surface area contributed by atoms with Gasteiger partial charge in [-0.1, -0.05) is 30.3 Å². The molecule has 0 unspecified atom stereocenters. The molecule has 1 heterocycles. The average molecular weight is 395 g/mol. The van der Waals surface area contributed by atoms with E-state index < -0.39 is 0 Å². The van der Waals surface area contributed by atoms with Crippen LogP contribution in [0.2, 0.25) is 0 Å². The van der Waals surface area contributed by atoms with Crippen molar-refractivity contribution in [3.63, 3.8) is 0 Å². The summed E-state index contributed by atoms with van der Waals surface area (Å²) < 4.78 is 11.3. The van der Waals surface area contributed by atoms with Crippen LogP contribution in [0, 0.1) is 6.92 Å². The Morgan fingerprint density at radius 1 is 1.03 bits per heavy atom. The number of hydrogen-bond acceptors (Lipinski definition) is 3. The van der Waals surface area contributed by atoms with E-state index in [2.05, 4.69) is 63.9 Å². The zero-order chi connectivity index (χ0) is 20.5. The summed E-state index contributed by atoms with van der Waals surface area (Å²) in [6.07, 6.45) is 0. The minimum atomic E-state index is 0.539. The summed E-state index contributed by atoms with van der Waals surface area (Å²) in [7, 11) is 1.77. The highest BCUT2D eigenvalue weighted by Crippen LogP contribution is 2.20. The van der Waals surface area contributed by atoms with Crippen molar-refractivity contribution in [3.05, 3.63) is 65.4 Å². The number of fused-ring (bicyclic) bond motifs is 1. The molecule has 0 aliphatic carbocycles. The third kappa shape index (κ3) is 5.99. The average Bonchev–Trinajstić information content (AvgIpc) is 3.15. The van der Waals surface area contributed by atoms with Crippen LogP contribution in [0.4, 0.5) is 0 Å². The molecule has 0 saturated heterocycles. The number of aliphatic imine (C=N–C) groups is 1. The lowest BCUT2D eigenvalue weighted by Crippen LogP contribution is -2.36. The first-order valence-electron chi connectivity index (χ1n) is 10.0. The Bertz CT molecular complexity index is 916. The summed E-state index contributed by atoms with van der Waals surface area (Å²) >= 11 is 0. The molecule has 0 amide bonds. The fourth-order valence-electron chi connectivity index (χ4n) is 3.10. The minimum Gasteiger partial charge on any atom is -0.491 e. The Morgan fingerprint density at radius 3 is 2.66 bits per heavy atom. The monoisotopic (exact) mass is 394 g/mol. The minimum absolute atomic E-state index is 0.539. The lowest BCUT2D eigenvalue weighted by atomic mass is 10.1. The second kappa shape index (κ2) is 10.5. The molecule has 2 aromatic carbocycles. The summed E-state index contributed by atoms with van der Waals surface area (Å²) in [5.74, 6) is 1.62. The van der Waals surface area contributed by atoms with Crippen LogP contribution in [0.25, 0.3) is 10.9 Å². The van der Waals surface area contributed by atoms with Gasteiger partial charge in [-0.25, -0.2) is 0 Å². The van der Waals surface area contributed by atoms with Crippen LogP contribution >= 0.6 is 0 Å². The van der Waals surface area contributed by atoms with Gasteiger partial charge in [0.05, 0.1) is 13.2 Å². The summed E-state index contributed by atoms with van der Waals surface area (Å²) in [6.45, 7) is 7.16. The van der Waals surface area contributed by atoms with E-state index in [9.17, 15) is 0 Å². The van der Waals surface area contributed by atoms with E-state index in [1.807, 2.05) is 19.1 Å². The summed E-state index contributed by atoms with van der Waals surface area (Å²) in [5, 5.41) is 7.93. The number of ether oxygens (including phenoxy) is 2. The van der Waals surface area contributed by atoms with E-state index in [1.165, 1.54) is 10.9 Å². The molecule has 0 bridgehead atoms. The molecule has 6 heteroatoms. The molecule has 0 aliphatic rings. The first kappa shape index (κ1) is 20.7. The number of para-hydroxylation sites is 1. The third-order valence-corrected chi connectivity index (χ3v) is 4.61. The van der Waals surface area contributed by atoms with Crippen LogP contribution in [0.1, 0.15) is 23.7 Å². The second-order valence-corrected chi connectivity index (χ2v) is 6.82. The van der Waals surface area contributed by atoms with Gasteiger partial charge in [0.25, 0.3) is 0 Å². The lowest BCUT2D eigenvalue weighted by Gasteiger charge is -2.15. The number of aromatic amines is 1. The summed E-state index contributed by atoms with van der Waals surface area (Å²) in [5.41, 5.74) is 4.51.